The second-order valence-electron chi connectivity index (χ2n) is 20.5. The molecule has 0 unspecified atom stereocenters. The van der Waals surface area contributed by atoms with Crippen LogP contribution in [0.2, 0.25) is 0 Å². The third kappa shape index (κ3) is 6.25. The van der Waals surface area contributed by atoms with Crippen LogP contribution in [0.15, 0.2) is 279 Å². The van der Waals surface area contributed by atoms with Crippen molar-refractivity contribution in [1.82, 2.24) is 0 Å². The van der Waals surface area contributed by atoms with E-state index >= 15 is 0 Å². The topological polar surface area (TPSA) is 0 Å². The van der Waals surface area contributed by atoms with Crippen LogP contribution in [0.1, 0.15) is 0 Å². The highest BCUT2D eigenvalue weighted by Gasteiger charge is 2.34. The highest BCUT2D eigenvalue weighted by Crippen LogP contribution is 2.61. The van der Waals surface area contributed by atoms with Crippen molar-refractivity contribution in [2.75, 3.05) is 0 Å². The van der Waals surface area contributed by atoms with Crippen molar-refractivity contribution in [1.29, 1.82) is 0 Å². The van der Waals surface area contributed by atoms with Crippen molar-refractivity contribution in [3.05, 3.63) is 279 Å². The van der Waals surface area contributed by atoms with Gasteiger partial charge in [-0.15, -0.1) is 0 Å². The number of hydrogen-bond acceptors (Lipinski definition) is 0. The van der Waals surface area contributed by atoms with Crippen LogP contribution in [-0.2, 0) is 0 Å². The van der Waals surface area contributed by atoms with E-state index in [2.05, 4.69) is 279 Å². The molecule has 0 amide bonds. The first-order chi connectivity index (χ1) is 37.8. The lowest BCUT2D eigenvalue weighted by atomic mass is 9.81. The molecule has 0 fully saturated rings. The zero-order valence-electron chi connectivity index (χ0n) is 41.6. The Kier molecular flexibility index (Phi) is 9.44. The quantitative estimate of drug-likeness (QED) is 0.149. The Morgan fingerprint density at radius 2 is 0.461 bits per heavy atom. The van der Waals surface area contributed by atoms with Crippen LogP contribution in [0.25, 0.3) is 165 Å². The first-order valence-corrected chi connectivity index (χ1v) is 26.5. The molecule has 2 aliphatic rings. The molecule has 14 aromatic carbocycles. The first kappa shape index (κ1) is 42.6. The van der Waals surface area contributed by atoms with Gasteiger partial charge in [0.2, 0.25) is 0 Å². The minimum Gasteiger partial charge on any atom is -0.0622 e. The average molecular weight is 959 g/mol. The molecule has 16 rings (SSSR count). The van der Waals surface area contributed by atoms with Gasteiger partial charge in [0.05, 0.1) is 0 Å². The Morgan fingerprint density at radius 1 is 0.132 bits per heavy atom. The largest absolute Gasteiger partial charge is 0.0622 e. The Bertz CT molecular complexity index is 4670. The molecule has 2 aliphatic carbocycles. The zero-order valence-corrected chi connectivity index (χ0v) is 41.6. The van der Waals surface area contributed by atoms with E-state index in [1.165, 1.54) is 165 Å². The molecular formula is C76H46. The fraction of sp³-hybridized carbons (Fsp3) is 0. The van der Waals surface area contributed by atoms with Gasteiger partial charge in [-0.3, -0.25) is 0 Å². The van der Waals surface area contributed by atoms with Crippen molar-refractivity contribution in [2.24, 2.45) is 0 Å². The summed E-state index contributed by atoms with van der Waals surface area (Å²) in [6, 6.07) is 104. The lowest BCUT2D eigenvalue weighted by Gasteiger charge is -2.21. The average Bonchev–Trinajstić information content (AvgIpc) is 4.10. The van der Waals surface area contributed by atoms with Crippen molar-refractivity contribution in [3.63, 3.8) is 0 Å². The standard InChI is InChI=1S/C76H46/c1-7-22-47(23-8-1)55-40-42-62-71-57(55)36-21-37-61(71)73-70(52-32-17-6-18-33-52)65-44-53(38-39-60(65)69(74(62)73)51-30-15-5-16-31-51)54-45-64-56(48-24-9-2-10-25-48)41-43-63-72(64)66(46-54)76-68(50-28-13-4-14-29-50)59-35-20-19-34-58(59)67(75(63)76)49-26-11-3-12-27-49/h1-46H. The lowest BCUT2D eigenvalue weighted by molar-refractivity contribution is 1.61. The maximum Gasteiger partial charge on any atom is -0.000719 e. The van der Waals surface area contributed by atoms with Gasteiger partial charge in [-0.25, -0.2) is 0 Å². The Labute approximate surface area is 442 Å². The summed E-state index contributed by atoms with van der Waals surface area (Å²) in [4.78, 5) is 0. The van der Waals surface area contributed by atoms with Gasteiger partial charge in [-0.05, 0) is 184 Å². The van der Waals surface area contributed by atoms with Crippen LogP contribution < -0.4 is 0 Å². The molecular weight excluding hydrogens is 913 g/mol. The lowest BCUT2D eigenvalue weighted by Crippen LogP contribution is -1.94. The van der Waals surface area contributed by atoms with Crippen molar-refractivity contribution in [2.45, 2.75) is 0 Å². The van der Waals surface area contributed by atoms with Gasteiger partial charge in [0.1, 0.15) is 0 Å². The molecule has 14 aromatic rings. The van der Waals surface area contributed by atoms with E-state index in [-0.39, 0.29) is 0 Å². The van der Waals surface area contributed by atoms with E-state index in [0.717, 1.165) is 0 Å². The van der Waals surface area contributed by atoms with Crippen molar-refractivity contribution >= 4 is 43.1 Å². The summed E-state index contributed by atoms with van der Waals surface area (Å²) in [6.45, 7) is 0. The predicted octanol–water partition coefficient (Wildman–Crippen LogP) is 21.3. The summed E-state index contributed by atoms with van der Waals surface area (Å²) in [7, 11) is 0. The number of rotatable bonds is 7. The summed E-state index contributed by atoms with van der Waals surface area (Å²) in [6.07, 6.45) is 0. The number of benzene rings is 14. The van der Waals surface area contributed by atoms with E-state index in [4.69, 9.17) is 0 Å². The summed E-state index contributed by atoms with van der Waals surface area (Å²) in [5.74, 6) is 0. The fourth-order valence-electron chi connectivity index (χ4n) is 13.4. The van der Waals surface area contributed by atoms with Gasteiger partial charge in [-0.2, -0.15) is 0 Å². The van der Waals surface area contributed by atoms with Gasteiger partial charge >= 0.3 is 0 Å². The molecule has 0 saturated carbocycles. The van der Waals surface area contributed by atoms with Crippen molar-refractivity contribution in [3.8, 4) is 122 Å². The first-order valence-electron chi connectivity index (χ1n) is 26.5. The van der Waals surface area contributed by atoms with E-state index in [0.29, 0.717) is 0 Å². The third-order valence-electron chi connectivity index (χ3n) is 16.5. The fourth-order valence-corrected chi connectivity index (χ4v) is 13.4. The van der Waals surface area contributed by atoms with Crippen LogP contribution in [0.5, 0.6) is 0 Å². The van der Waals surface area contributed by atoms with E-state index in [1.54, 1.807) is 0 Å². The zero-order chi connectivity index (χ0) is 49.8. The molecule has 0 saturated heterocycles. The predicted molar refractivity (Wildman–Crippen MR) is 323 cm³/mol. The smallest absolute Gasteiger partial charge is 0.000719 e. The van der Waals surface area contributed by atoms with Gasteiger partial charge in [0, 0.05) is 0 Å². The molecule has 0 heterocycles. The van der Waals surface area contributed by atoms with E-state index in [9.17, 15) is 0 Å². The Hall–Kier alpha value is -9.88. The molecule has 0 nitrogen and oxygen atoms in total. The van der Waals surface area contributed by atoms with Crippen LogP contribution in [0, 0.1) is 0 Å². The maximum absolute atomic E-state index is 2.53. The molecule has 0 spiro atoms. The van der Waals surface area contributed by atoms with Crippen LogP contribution in [0.3, 0.4) is 0 Å². The van der Waals surface area contributed by atoms with Crippen molar-refractivity contribution < 1.29 is 0 Å². The minimum atomic E-state index is 1.19. The molecule has 0 atom stereocenters. The van der Waals surface area contributed by atoms with Gasteiger partial charge in [0.25, 0.3) is 0 Å². The summed E-state index contributed by atoms with van der Waals surface area (Å²) in [5.41, 5.74) is 27.6. The molecule has 350 valence electrons. The van der Waals surface area contributed by atoms with Gasteiger partial charge in [-0.1, -0.05) is 261 Å². The molecule has 0 radical (unpaired) electrons. The van der Waals surface area contributed by atoms with E-state index in [1.807, 2.05) is 0 Å². The van der Waals surface area contributed by atoms with Crippen LogP contribution in [0.4, 0.5) is 0 Å². The van der Waals surface area contributed by atoms with E-state index < -0.39 is 0 Å². The molecule has 76 heavy (non-hydrogen) atoms. The molecule has 0 heteroatoms. The normalized spacial score (nSPS) is 11.9. The Morgan fingerprint density at radius 3 is 0.934 bits per heavy atom. The maximum atomic E-state index is 2.53. The second kappa shape index (κ2) is 16.8. The third-order valence-corrected chi connectivity index (χ3v) is 16.5. The second-order valence-corrected chi connectivity index (χ2v) is 20.5. The van der Waals surface area contributed by atoms with Gasteiger partial charge in [0.15, 0.2) is 0 Å². The molecule has 0 N–H and O–H groups in total. The molecule has 0 aromatic heterocycles. The number of hydrogen-bond donors (Lipinski definition) is 0. The summed E-state index contributed by atoms with van der Waals surface area (Å²) < 4.78 is 0. The van der Waals surface area contributed by atoms with Crippen LogP contribution >= 0.6 is 0 Å². The molecule has 0 aliphatic heterocycles. The number of fused-ring (bicyclic) bond motifs is 8. The highest BCUT2D eigenvalue weighted by molar-refractivity contribution is 6.31. The van der Waals surface area contributed by atoms with Crippen LogP contribution in [-0.4, -0.2) is 0 Å². The minimum absolute atomic E-state index is 1.19. The monoisotopic (exact) mass is 958 g/mol. The Balaban J connectivity index is 1.03. The summed E-state index contributed by atoms with van der Waals surface area (Å²) in [5, 5.41) is 10.2. The highest BCUT2D eigenvalue weighted by atomic mass is 14.4. The van der Waals surface area contributed by atoms with Gasteiger partial charge < -0.3 is 0 Å². The summed E-state index contributed by atoms with van der Waals surface area (Å²) >= 11 is 0. The molecule has 0 bridgehead atoms. The SMILES string of the molecule is c1ccc(-c2c3c(c(-c4ccccc4)c4ccccc24)-c2cc(-c4ccc5c(-c6ccccc6)c6c(c(-c7ccccc7)c5c4)-c4cccc5c(-c7ccccc7)ccc-6c45)cc4c(-c5ccccc5)ccc-3c24)cc1.